The standard InChI is InChI=1S/C23H23N/c1-14-10-11-17-21-20(14)16-9-7-6-8-15(16)18-12-13-19(24(18)21)23(4,5)22(17,2)3/h6-13H,1-5H3/i4D3. The van der Waals surface area contributed by atoms with E-state index in [1.807, 2.05) is 13.0 Å². The predicted molar refractivity (Wildman–Crippen MR) is 103 cm³/mol. The van der Waals surface area contributed by atoms with E-state index in [-0.39, 0.29) is 0 Å². The van der Waals surface area contributed by atoms with Gasteiger partial charge in [-0.15, -0.1) is 0 Å². The molecule has 1 unspecified atom stereocenters. The van der Waals surface area contributed by atoms with Crippen molar-refractivity contribution < 1.29 is 4.11 Å². The predicted octanol–water partition coefficient (Wildman–Crippen LogP) is 6.12. The quantitative estimate of drug-likeness (QED) is 0.344. The molecular formula is C23H23N. The van der Waals surface area contributed by atoms with Crippen LogP contribution in [0.25, 0.3) is 27.2 Å². The van der Waals surface area contributed by atoms with E-state index >= 15 is 0 Å². The second kappa shape index (κ2) is 4.03. The van der Waals surface area contributed by atoms with E-state index in [0.717, 1.165) is 22.3 Å². The Bertz CT molecular complexity index is 1260. The highest BCUT2D eigenvalue weighted by molar-refractivity contribution is 6.15. The molecule has 4 aromatic rings. The van der Waals surface area contributed by atoms with Crippen LogP contribution in [0.3, 0.4) is 0 Å². The van der Waals surface area contributed by atoms with Crippen molar-refractivity contribution in [2.75, 3.05) is 0 Å². The van der Waals surface area contributed by atoms with Crippen LogP contribution in [-0.2, 0) is 10.8 Å². The van der Waals surface area contributed by atoms with Crippen LogP contribution in [0.5, 0.6) is 0 Å². The summed E-state index contributed by atoms with van der Waals surface area (Å²) in [4.78, 5) is 0. The summed E-state index contributed by atoms with van der Waals surface area (Å²) in [5.74, 6) is 0. The van der Waals surface area contributed by atoms with E-state index < -0.39 is 17.7 Å². The van der Waals surface area contributed by atoms with Gasteiger partial charge in [-0.1, -0.05) is 64.0 Å². The molecule has 2 aromatic heterocycles. The van der Waals surface area contributed by atoms with E-state index in [2.05, 4.69) is 67.6 Å². The number of rotatable bonds is 0. The number of hydrogen-bond donors (Lipinski definition) is 0. The Morgan fingerprint density at radius 1 is 0.875 bits per heavy atom. The lowest BCUT2D eigenvalue weighted by Gasteiger charge is -2.46. The van der Waals surface area contributed by atoms with Gasteiger partial charge in [0.15, 0.2) is 0 Å². The zero-order chi connectivity index (χ0) is 19.4. The van der Waals surface area contributed by atoms with Gasteiger partial charge in [0.25, 0.3) is 0 Å². The summed E-state index contributed by atoms with van der Waals surface area (Å²) in [6, 6.07) is 16.9. The lowest BCUT2D eigenvalue weighted by Crippen LogP contribution is -2.44. The normalized spacial score (nSPS) is 24.4. The maximum absolute atomic E-state index is 8.44. The molecule has 24 heavy (non-hydrogen) atoms. The Hall–Kier alpha value is -2.28. The number of nitrogens with zero attached hydrogens (tertiary/aromatic N) is 1. The van der Waals surface area contributed by atoms with Crippen LogP contribution in [0.2, 0.25) is 0 Å². The molecule has 0 saturated carbocycles. The largest absolute Gasteiger partial charge is 0.312 e. The molecule has 0 N–H and O–H groups in total. The number of aromatic nitrogens is 1. The molecule has 5 rings (SSSR count). The fourth-order valence-electron chi connectivity index (χ4n) is 4.56. The fraction of sp³-hybridized carbons (Fsp3) is 0.304. The molecule has 0 aliphatic carbocycles. The van der Waals surface area contributed by atoms with Crippen LogP contribution in [-0.4, -0.2) is 4.40 Å². The van der Waals surface area contributed by atoms with Crippen LogP contribution < -0.4 is 0 Å². The molecule has 1 atom stereocenters. The van der Waals surface area contributed by atoms with E-state index in [1.165, 1.54) is 21.7 Å². The van der Waals surface area contributed by atoms with Crippen LogP contribution in [0.4, 0.5) is 0 Å². The second-order valence-corrected chi connectivity index (χ2v) is 7.89. The van der Waals surface area contributed by atoms with Crippen LogP contribution in [0, 0.1) is 6.92 Å². The highest BCUT2D eigenvalue weighted by Gasteiger charge is 2.45. The molecule has 0 amide bonds. The zero-order valence-corrected chi connectivity index (χ0v) is 14.6. The van der Waals surface area contributed by atoms with Crippen molar-refractivity contribution in [3.8, 4) is 0 Å². The molecule has 0 spiro atoms. The number of fused-ring (bicyclic) bond motifs is 3. The first-order valence-corrected chi connectivity index (χ1v) is 8.57. The summed E-state index contributed by atoms with van der Waals surface area (Å²) in [5.41, 5.74) is 3.96. The molecule has 0 fully saturated rings. The lowest BCUT2D eigenvalue weighted by atomic mass is 9.60. The van der Waals surface area contributed by atoms with Crippen molar-refractivity contribution in [1.82, 2.24) is 4.40 Å². The smallest absolute Gasteiger partial charge is 0.0577 e. The summed E-state index contributed by atoms with van der Waals surface area (Å²) >= 11 is 0. The average molecular weight is 316 g/mol. The summed E-state index contributed by atoms with van der Waals surface area (Å²) in [5, 5.41) is 3.63. The van der Waals surface area contributed by atoms with Crippen molar-refractivity contribution in [1.29, 1.82) is 0 Å². The number of pyridine rings is 1. The Labute approximate surface area is 147 Å². The summed E-state index contributed by atoms with van der Waals surface area (Å²) in [6.07, 6.45) is 0. The molecule has 1 nitrogen and oxygen atoms in total. The number of aryl methyl sites for hydroxylation is 1. The fourth-order valence-corrected chi connectivity index (χ4v) is 4.56. The average Bonchev–Trinajstić information content (AvgIpc) is 3.04. The molecule has 120 valence electrons. The summed E-state index contributed by atoms with van der Waals surface area (Å²) in [7, 11) is 0. The molecule has 2 aromatic carbocycles. The molecule has 0 saturated heterocycles. The number of benzene rings is 2. The highest BCUT2D eigenvalue weighted by Crippen LogP contribution is 2.51. The topological polar surface area (TPSA) is 4.41 Å². The maximum atomic E-state index is 8.44. The third-order valence-electron chi connectivity index (χ3n) is 6.40. The Kier molecular flexibility index (Phi) is 1.90. The Morgan fingerprint density at radius 2 is 1.62 bits per heavy atom. The van der Waals surface area contributed by atoms with Gasteiger partial charge < -0.3 is 4.40 Å². The molecule has 0 radical (unpaired) electrons. The van der Waals surface area contributed by atoms with Gasteiger partial charge in [-0.25, -0.2) is 0 Å². The van der Waals surface area contributed by atoms with Gasteiger partial charge in [0, 0.05) is 31.4 Å². The first kappa shape index (κ1) is 11.3. The molecule has 1 aliphatic heterocycles. The van der Waals surface area contributed by atoms with Crippen LogP contribution >= 0.6 is 0 Å². The monoisotopic (exact) mass is 316 g/mol. The molecular weight excluding hydrogens is 290 g/mol. The van der Waals surface area contributed by atoms with Crippen LogP contribution in [0.15, 0.2) is 48.5 Å². The third kappa shape index (κ3) is 1.34. The zero-order valence-electron chi connectivity index (χ0n) is 17.6. The third-order valence-corrected chi connectivity index (χ3v) is 6.40. The second-order valence-electron chi connectivity index (χ2n) is 7.89. The maximum Gasteiger partial charge on any atom is 0.0577 e. The van der Waals surface area contributed by atoms with Crippen molar-refractivity contribution >= 4 is 27.2 Å². The van der Waals surface area contributed by atoms with Crippen LogP contribution in [0.1, 0.15) is 48.6 Å². The first-order chi connectivity index (χ1) is 12.6. The van der Waals surface area contributed by atoms with Gasteiger partial charge in [0.1, 0.15) is 0 Å². The Morgan fingerprint density at radius 3 is 2.38 bits per heavy atom. The van der Waals surface area contributed by atoms with Crippen molar-refractivity contribution in [3.05, 3.63) is 65.4 Å². The number of hydrogen-bond acceptors (Lipinski definition) is 0. The summed E-state index contributed by atoms with van der Waals surface area (Å²) in [6.45, 7) is 6.10. The minimum atomic E-state index is -2.12. The molecule has 3 heterocycles. The van der Waals surface area contributed by atoms with Gasteiger partial charge in [-0.2, -0.15) is 0 Å². The van der Waals surface area contributed by atoms with Gasteiger partial charge >= 0.3 is 0 Å². The van der Waals surface area contributed by atoms with E-state index in [4.69, 9.17) is 4.11 Å². The van der Waals surface area contributed by atoms with Gasteiger partial charge in [-0.05, 0) is 35.6 Å². The van der Waals surface area contributed by atoms with E-state index in [9.17, 15) is 0 Å². The van der Waals surface area contributed by atoms with Gasteiger partial charge in [0.2, 0.25) is 0 Å². The van der Waals surface area contributed by atoms with Crippen molar-refractivity contribution in [3.63, 3.8) is 0 Å². The SMILES string of the molecule is [2H]C([2H])([2H])C1(C)c2ccc3c4ccccc4c4c(C)ccc(c4n23)C1(C)C. The van der Waals surface area contributed by atoms with Gasteiger partial charge in [0.05, 0.1) is 11.0 Å². The lowest BCUT2D eigenvalue weighted by molar-refractivity contribution is 0.289. The highest BCUT2D eigenvalue weighted by atomic mass is 14.9. The molecule has 1 aliphatic rings. The van der Waals surface area contributed by atoms with E-state index in [0.29, 0.717) is 0 Å². The Balaban J connectivity index is 2.18. The van der Waals surface area contributed by atoms with Crippen molar-refractivity contribution in [2.45, 2.75) is 45.4 Å². The minimum Gasteiger partial charge on any atom is -0.312 e. The first-order valence-electron chi connectivity index (χ1n) is 10.1. The summed E-state index contributed by atoms with van der Waals surface area (Å²) < 4.78 is 27.5. The van der Waals surface area contributed by atoms with E-state index in [1.54, 1.807) is 0 Å². The minimum absolute atomic E-state index is 0.534. The molecule has 1 heteroatoms. The van der Waals surface area contributed by atoms with Crippen molar-refractivity contribution in [2.24, 2.45) is 0 Å². The molecule has 0 bridgehead atoms. The van der Waals surface area contributed by atoms with Gasteiger partial charge in [-0.3, -0.25) is 0 Å².